The van der Waals surface area contributed by atoms with Gasteiger partial charge in [-0.2, -0.15) is 5.26 Å². The van der Waals surface area contributed by atoms with E-state index in [2.05, 4.69) is 12.6 Å². The average molecular weight is 147 g/mol. The van der Waals surface area contributed by atoms with Crippen LogP contribution in [0.15, 0.2) is 35.5 Å². The van der Waals surface area contributed by atoms with Crippen LogP contribution in [-0.2, 0) is 0 Å². The fraction of sp³-hybridized carbons (Fsp3) is 0.300. The highest BCUT2D eigenvalue weighted by molar-refractivity contribution is 5.38. The van der Waals surface area contributed by atoms with Gasteiger partial charge in [0, 0.05) is 0 Å². The van der Waals surface area contributed by atoms with Crippen LogP contribution in [0.25, 0.3) is 0 Å². The number of hydrogen-bond donors (Lipinski definition) is 0. The van der Waals surface area contributed by atoms with Gasteiger partial charge < -0.3 is 0 Å². The average Bonchev–Trinajstić information content (AvgIpc) is 1.87. The van der Waals surface area contributed by atoms with Crippen molar-refractivity contribution in [1.82, 2.24) is 0 Å². The molecule has 0 amide bonds. The molecule has 0 fully saturated rings. The zero-order valence-corrected chi connectivity index (χ0v) is 7.31. The molecule has 1 nitrogen and oxygen atoms in total. The summed E-state index contributed by atoms with van der Waals surface area (Å²) in [6, 6.07) is 2.11. The SMILES string of the molecule is C=C(C)/C=C\C(C#N)=C(C)C. The standard InChI is InChI=1S/C10H13N/c1-8(2)5-6-10(7-11)9(3)4/h5-6H,1H2,2-4H3/b6-5-. The van der Waals surface area contributed by atoms with E-state index < -0.39 is 0 Å². The Morgan fingerprint density at radius 2 is 1.82 bits per heavy atom. The Morgan fingerprint density at radius 1 is 1.27 bits per heavy atom. The Kier molecular flexibility index (Phi) is 3.98. The normalized spacial score (nSPS) is 9.27. The lowest BCUT2D eigenvalue weighted by atomic mass is 10.1. The molecule has 0 saturated heterocycles. The maximum atomic E-state index is 8.62. The van der Waals surface area contributed by atoms with E-state index in [0.29, 0.717) is 5.57 Å². The lowest BCUT2D eigenvalue weighted by molar-refractivity contribution is 1.33. The van der Waals surface area contributed by atoms with E-state index in [1.165, 1.54) is 0 Å². The van der Waals surface area contributed by atoms with Crippen molar-refractivity contribution in [3.8, 4) is 6.07 Å². The second kappa shape index (κ2) is 4.51. The first-order valence-electron chi connectivity index (χ1n) is 3.49. The number of hydrogen-bond acceptors (Lipinski definition) is 1. The van der Waals surface area contributed by atoms with Crippen LogP contribution in [0.4, 0.5) is 0 Å². The Labute approximate surface area is 68.3 Å². The first-order chi connectivity index (χ1) is 5.07. The predicted molar refractivity (Wildman–Crippen MR) is 47.9 cm³/mol. The third-order valence-electron chi connectivity index (χ3n) is 1.19. The first-order valence-corrected chi connectivity index (χ1v) is 3.49. The Balaban J connectivity index is 4.50. The predicted octanol–water partition coefficient (Wildman–Crippen LogP) is 2.98. The summed E-state index contributed by atoms with van der Waals surface area (Å²) in [5, 5.41) is 8.62. The Morgan fingerprint density at radius 3 is 2.09 bits per heavy atom. The fourth-order valence-corrected chi connectivity index (χ4v) is 0.541. The number of allylic oxidation sites excluding steroid dienone is 5. The zero-order chi connectivity index (χ0) is 8.85. The molecule has 0 saturated carbocycles. The summed E-state index contributed by atoms with van der Waals surface area (Å²) in [4.78, 5) is 0. The molecule has 0 heterocycles. The minimum atomic E-state index is 0.716. The topological polar surface area (TPSA) is 23.8 Å². The maximum Gasteiger partial charge on any atom is 0.0990 e. The summed E-state index contributed by atoms with van der Waals surface area (Å²) >= 11 is 0. The van der Waals surface area contributed by atoms with Gasteiger partial charge in [-0.3, -0.25) is 0 Å². The largest absolute Gasteiger partial charge is 0.192 e. The van der Waals surface area contributed by atoms with Crippen LogP contribution in [0.2, 0.25) is 0 Å². The van der Waals surface area contributed by atoms with E-state index in [9.17, 15) is 0 Å². The molecule has 0 spiro atoms. The molecule has 58 valence electrons. The van der Waals surface area contributed by atoms with Gasteiger partial charge in [-0.05, 0) is 26.8 Å². The molecule has 0 N–H and O–H groups in total. The van der Waals surface area contributed by atoms with Gasteiger partial charge in [0.25, 0.3) is 0 Å². The summed E-state index contributed by atoms with van der Waals surface area (Å²) in [5.74, 6) is 0. The monoisotopic (exact) mass is 147 g/mol. The summed E-state index contributed by atoms with van der Waals surface area (Å²) in [5.41, 5.74) is 2.71. The molecule has 0 aromatic carbocycles. The van der Waals surface area contributed by atoms with Gasteiger partial charge in [-0.1, -0.05) is 23.8 Å². The van der Waals surface area contributed by atoms with E-state index >= 15 is 0 Å². The highest BCUT2D eigenvalue weighted by Gasteiger charge is 1.89. The molecule has 0 aromatic heterocycles. The molecule has 11 heavy (non-hydrogen) atoms. The number of nitrogens with zero attached hydrogens (tertiary/aromatic N) is 1. The van der Waals surface area contributed by atoms with Crippen LogP contribution in [0.1, 0.15) is 20.8 Å². The second-order valence-corrected chi connectivity index (χ2v) is 2.71. The Bertz CT molecular complexity index is 245. The van der Waals surface area contributed by atoms with Gasteiger partial charge in [0.2, 0.25) is 0 Å². The zero-order valence-electron chi connectivity index (χ0n) is 7.31. The van der Waals surface area contributed by atoms with E-state index in [1.54, 1.807) is 6.08 Å². The van der Waals surface area contributed by atoms with E-state index in [1.807, 2.05) is 26.8 Å². The second-order valence-electron chi connectivity index (χ2n) is 2.71. The highest BCUT2D eigenvalue weighted by Crippen LogP contribution is 2.04. The minimum Gasteiger partial charge on any atom is -0.192 e. The van der Waals surface area contributed by atoms with Crippen LogP contribution >= 0.6 is 0 Å². The maximum absolute atomic E-state index is 8.62. The molecule has 0 unspecified atom stereocenters. The van der Waals surface area contributed by atoms with Crippen LogP contribution in [0, 0.1) is 11.3 Å². The molecule has 0 radical (unpaired) electrons. The van der Waals surface area contributed by atoms with Gasteiger partial charge in [0.05, 0.1) is 11.6 Å². The summed E-state index contributed by atoms with van der Waals surface area (Å²) in [6.45, 7) is 9.44. The van der Waals surface area contributed by atoms with Gasteiger partial charge in [-0.25, -0.2) is 0 Å². The van der Waals surface area contributed by atoms with Crippen molar-refractivity contribution in [2.24, 2.45) is 0 Å². The van der Waals surface area contributed by atoms with Crippen molar-refractivity contribution in [3.63, 3.8) is 0 Å². The molecule has 1 heteroatoms. The van der Waals surface area contributed by atoms with Gasteiger partial charge in [0.15, 0.2) is 0 Å². The molecule has 0 bridgehead atoms. The van der Waals surface area contributed by atoms with Crippen LogP contribution < -0.4 is 0 Å². The van der Waals surface area contributed by atoms with Crippen LogP contribution in [-0.4, -0.2) is 0 Å². The molecule has 0 aliphatic carbocycles. The van der Waals surface area contributed by atoms with Crippen molar-refractivity contribution < 1.29 is 0 Å². The Hall–Kier alpha value is -1.29. The minimum absolute atomic E-state index is 0.716. The number of nitriles is 1. The lowest BCUT2D eigenvalue weighted by Gasteiger charge is -1.91. The first kappa shape index (κ1) is 9.71. The lowest BCUT2D eigenvalue weighted by Crippen LogP contribution is -1.76. The van der Waals surface area contributed by atoms with E-state index in [4.69, 9.17) is 5.26 Å². The number of rotatable bonds is 2. The van der Waals surface area contributed by atoms with Crippen molar-refractivity contribution in [1.29, 1.82) is 5.26 Å². The van der Waals surface area contributed by atoms with Gasteiger partial charge in [-0.15, -0.1) is 0 Å². The quantitative estimate of drug-likeness (QED) is 0.435. The van der Waals surface area contributed by atoms with Gasteiger partial charge >= 0.3 is 0 Å². The van der Waals surface area contributed by atoms with Crippen LogP contribution in [0.3, 0.4) is 0 Å². The molecule has 0 rings (SSSR count). The summed E-state index contributed by atoms with van der Waals surface area (Å²) in [6.07, 6.45) is 3.63. The fourth-order valence-electron chi connectivity index (χ4n) is 0.541. The third kappa shape index (κ3) is 4.16. The van der Waals surface area contributed by atoms with Crippen molar-refractivity contribution >= 4 is 0 Å². The molecular formula is C10H13N. The molecule has 0 atom stereocenters. The highest BCUT2D eigenvalue weighted by atomic mass is 14.2. The molecule has 0 aliphatic rings. The summed E-state index contributed by atoms with van der Waals surface area (Å²) in [7, 11) is 0. The molecule has 0 aromatic rings. The molecular weight excluding hydrogens is 134 g/mol. The molecule has 0 aliphatic heterocycles. The van der Waals surface area contributed by atoms with E-state index in [-0.39, 0.29) is 0 Å². The van der Waals surface area contributed by atoms with Crippen molar-refractivity contribution in [2.75, 3.05) is 0 Å². The van der Waals surface area contributed by atoms with Crippen molar-refractivity contribution in [3.05, 3.63) is 35.5 Å². The van der Waals surface area contributed by atoms with E-state index in [0.717, 1.165) is 11.1 Å². The summed E-state index contributed by atoms with van der Waals surface area (Å²) < 4.78 is 0. The van der Waals surface area contributed by atoms with Crippen LogP contribution in [0.5, 0.6) is 0 Å². The smallest absolute Gasteiger partial charge is 0.0990 e. The van der Waals surface area contributed by atoms with Gasteiger partial charge in [0.1, 0.15) is 0 Å². The van der Waals surface area contributed by atoms with Crippen molar-refractivity contribution in [2.45, 2.75) is 20.8 Å². The third-order valence-corrected chi connectivity index (χ3v) is 1.19.